The van der Waals surface area contributed by atoms with Crippen LogP contribution in [0.5, 0.6) is 0 Å². The van der Waals surface area contributed by atoms with E-state index in [0.717, 1.165) is 11.4 Å². The SMILES string of the molecule is Cc1nnc(C(C)C(C)N)c2ccccc12. The van der Waals surface area contributed by atoms with Gasteiger partial charge in [-0.2, -0.15) is 10.2 Å². The topological polar surface area (TPSA) is 51.8 Å². The van der Waals surface area contributed by atoms with Crippen molar-refractivity contribution < 1.29 is 0 Å². The first-order chi connectivity index (χ1) is 7.61. The van der Waals surface area contributed by atoms with E-state index >= 15 is 0 Å². The van der Waals surface area contributed by atoms with Crippen LogP contribution in [0.4, 0.5) is 0 Å². The maximum Gasteiger partial charge on any atom is 0.0752 e. The first-order valence-electron chi connectivity index (χ1n) is 5.58. The molecule has 16 heavy (non-hydrogen) atoms. The van der Waals surface area contributed by atoms with Gasteiger partial charge < -0.3 is 5.73 Å². The Bertz CT molecular complexity index is 506. The quantitative estimate of drug-likeness (QED) is 0.836. The van der Waals surface area contributed by atoms with E-state index in [0.29, 0.717) is 0 Å². The maximum atomic E-state index is 5.93. The summed E-state index contributed by atoms with van der Waals surface area (Å²) >= 11 is 0. The van der Waals surface area contributed by atoms with Crippen LogP contribution in [0, 0.1) is 6.92 Å². The highest BCUT2D eigenvalue weighted by Gasteiger charge is 2.16. The Labute approximate surface area is 95.7 Å². The van der Waals surface area contributed by atoms with Crippen molar-refractivity contribution in [3.63, 3.8) is 0 Å². The van der Waals surface area contributed by atoms with Gasteiger partial charge in [-0.05, 0) is 13.8 Å². The van der Waals surface area contributed by atoms with E-state index in [9.17, 15) is 0 Å². The molecule has 2 aromatic rings. The molecule has 2 unspecified atom stereocenters. The van der Waals surface area contributed by atoms with Gasteiger partial charge in [0.2, 0.25) is 0 Å². The Morgan fingerprint density at radius 1 is 1.06 bits per heavy atom. The van der Waals surface area contributed by atoms with Crippen LogP contribution in [0.2, 0.25) is 0 Å². The third kappa shape index (κ3) is 1.78. The summed E-state index contributed by atoms with van der Waals surface area (Å²) in [6.45, 7) is 6.08. The van der Waals surface area contributed by atoms with E-state index in [4.69, 9.17) is 5.73 Å². The minimum absolute atomic E-state index is 0.0837. The molecule has 3 nitrogen and oxygen atoms in total. The number of nitrogens with zero attached hydrogens (tertiary/aromatic N) is 2. The van der Waals surface area contributed by atoms with Crippen LogP contribution >= 0.6 is 0 Å². The lowest BCUT2D eigenvalue weighted by Gasteiger charge is -2.16. The van der Waals surface area contributed by atoms with Gasteiger partial charge >= 0.3 is 0 Å². The highest BCUT2D eigenvalue weighted by molar-refractivity contribution is 5.86. The highest BCUT2D eigenvalue weighted by atomic mass is 15.1. The molecule has 0 saturated heterocycles. The number of aryl methyl sites for hydroxylation is 1. The third-order valence-corrected chi connectivity index (χ3v) is 3.12. The van der Waals surface area contributed by atoms with Gasteiger partial charge in [0.05, 0.1) is 11.4 Å². The number of hydrogen-bond acceptors (Lipinski definition) is 3. The zero-order valence-electron chi connectivity index (χ0n) is 9.94. The van der Waals surface area contributed by atoms with Gasteiger partial charge in [0.15, 0.2) is 0 Å². The first kappa shape index (κ1) is 11.0. The minimum Gasteiger partial charge on any atom is -0.327 e. The van der Waals surface area contributed by atoms with Crippen molar-refractivity contribution >= 4 is 10.8 Å². The predicted octanol–water partition coefficient (Wildman–Crippen LogP) is 2.39. The summed E-state index contributed by atoms with van der Waals surface area (Å²) in [5, 5.41) is 10.8. The molecule has 0 aliphatic rings. The molecule has 0 saturated carbocycles. The minimum atomic E-state index is 0.0837. The Balaban J connectivity index is 2.67. The smallest absolute Gasteiger partial charge is 0.0752 e. The average molecular weight is 215 g/mol. The second kappa shape index (κ2) is 4.18. The lowest BCUT2D eigenvalue weighted by molar-refractivity contribution is 0.595. The summed E-state index contributed by atoms with van der Waals surface area (Å²) in [6.07, 6.45) is 0. The third-order valence-electron chi connectivity index (χ3n) is 3.12. The van der Waals surface area contributed by atoms with Crippen LogP contribution in [-0.4, -0.2) is 16.2 Å². The first-order valence-corrected chi connectivity index (χ1v) is 5.58. The molecule has 84 valence electrons. The molecule has 2 rings (SSSR count). The maximum absolute atomic E-state index is 5.93. The number of rotatable bonds is 2. The van der Waals surface area contributed by atoms with Gasteiger partial charge in [-0.1, -0.05) is 31.2 Å². The van der Waals surface area contributed by atoms with Crippen LogP contribution in [0.25, 0.3) is 10.8 Å². The zero-order valence-corrected chi connectivity index (χ0v) is 9.94. The summed E-state index contributed by atoms with van der Waals surface area (Å²) in [6, 6.07) is 8.31. The average Bonchev–Trinajstić information content (AvgIpc) is 2.29. The summed E-state index contributed by atoms with van der Waals surface area (Å²) in [5.74, 6) is 0.220. The second-order valence-electron chi connectivity index (χ2n) is 4.36. The largest absolute Gasteiger partial charge is 0.327 e. The van der Waals surface area contributed by atoms with Crippen molar-refractivity contribution in [3.05, 3.63) is 35.7 Å². The van der Waals surface area contributed by atoms with Crippen molar-refractivity contribution in [1.29, 1.82) is 0 Å². The van der Waals surface area contributed by atoms with Crippen LogP contribution < -0.4 is 5.73 Å². The molecule has 1 heterocycles. The molecule has 1 aromatic carbocycles. The fraction of sp³-hybridized carbons (Fsp3) is 0.385. The van der Waals surface area contributed by atoms with Crippen LogP contribution in [0.3, 0.4) is 0 Å². The normalized spacial score (nSPS) is 15.0. The van der Waals surface area contributed by atoms with Crippen molar-refractivity contribution in [2.75, 3.05) is 0 Å². The van der Waals surface area contributed by atoms with Gasteiger partial charge in [0.25, 0.3) is 0 Å². The Hall–Kier alpha value is -1.48. The summed E-state index contributed by atoms with van der Waals surface area (Å²) in [4.78, 5) is 0. The molecule has 0 amide bonds. The van der Waals surface area contributed by atoms with E-state index in [1.807, 2.05) is 26.0 Å². The fourth-order valence-corrected chi connectivity index (χ4v) is 1.84. The molecule has 0 aliphatic heterocycles. The number of hydrogen-bond donors (Lipinski definition) is 1. The lowest BCUT2D eigenvalue weighted by atomic mass is 9.95. The fourth-order valence-electron chi connectivity index (χ4n) is 1.84. The van der Waals surface area contributed by atoms with Gasteiger partial charge in [-0.25, -0.2) is 0 Å². The molecule has 0 bridgehead atoms. The molecule has 2 atom stereocenters. The Morgan fingerprint density at radius 2 is 1.69 bits per heavy atom. The molecule has 1 aromatic heterocycles. The van der Waals surface area contributed by atoms with Crippen molar-refractivity contribution in [2.24, 2.45) is 5.73 Å². The molecular formula is C13H17N3. The van der Waals surface area contributed by atoms with E-state index in [-0.39, 0.29) is 12.0 Å². The van der Waals surface area contributed by atoms with Gasteiger partial charge in [0.1, 0.15) is 0 Å². The molecular weight excluding hydrogens is 198 g/mol. The van der Waals surface area contributed by atoms with Gasteiger partial charge in [0, 0.05) is 22.7 Å². The molecule has 2 N–H and O–H groups in total. The zero-order chi connectivity index (χ0) is 11.7. The van der Waals surface area contributed by atoms with E-state index < -0.39 is 0 Å². The number of aromatic nitrogens is 2. The van der Waals surface area contributed by atoms with Gasteiger partial charge in [-0.3, -0.25) is 0 Å². The molecule has 0 fully saturated rings. The lowest BCUT2D eigenvalue weighted by Crippen LogP contribution is -2.23. The standard InChI is InChI=1S/C13H17N3/c1-8(9(2)14)13-12-7-5-4-6-11(12)10(3)15-16-13/h4-9H,14H2,1-3H3. The number of nitrogens with two attached hydrogens (primary N) is 1. The summed E-state index contributed by atoms with van der Waals surface area (Å²) in [7, 11) is 0. The van der Waals surface area contributed by atoms with Crippen molar-refractivity contribution in [1.82, 2.24) is 10.2 Å². The van der Waals surface area contributed by atoms with E-state index in [2.05, 4.69) is 29.3 Å². The molecule has 3 heteroatoms. The van der Waals surface area contributed by atoms with Crippen molar-refractivity contribution in [3.8, 4) is 0 Å². The van der Waals surface area contributed by atoms with Gasteiger partial charge in [-0.15, -0.1) is 0 Å². The predicted molar refractivity (Wildman–Crippen MR) is 66.3 cm³/mol. The number of fused-ring (bicyclic) bond motifs is 1. The van der Waals surface area contributed by atoms with E-state index in [1.54, 1.807) is 0 Å². The van der Waals surface area contributed by atoms with Crippen LogP contribution in [-0.2, 0) is 0 Å². The summed E-state index contributed by atoms with van der Waals surface area (Å²) in [5.41, 5.74) is 7.89. The molecule has 0 spiro atoms. The van der Waals surface area contributed by atoms with Crippen molar-refractivity contribution in [2.45, 2.75) is 32.7 Å². The molecule has 0 aliphatic carbocycles. The summed E-state index contributed by atoms with van der Waals surface area (Å²) < 4.78 is 0. The second-order valence-corrected chi connectivity index (χ2v) is 4.36. The Kier molecular flexibility index (Phi) is 2.88. The van der Waals surface area contributed by atoms with Crippen LogP contribution in [0.15, 0.2) is 24.3 Å². The monoisotopic (exact) mass is 215 g/mol. The molecule has 0 radical (unpaired) electrons. The number of benzene rings is 1. The highest BCUT2D eigenvalue weighted by Crippen LogP contribution is 2.25. The van der Waals surface area contributed by atoms with Crippen LogP contribution in [0.1, 0.15) is 31.2 Å². The van der Waals surface area contributed by atoms with E-state index in [1.165, 1.54) is 10.8 Å². The Morgan fingerprint density at radius 3 is 2.31 bits per heavy atom.